The Balaban J connectivity index is 1.94. The molecule has 0 spiro atoms. The smallest absolute Gasteiger partial charge is 0.335 e. The maximum Gasteiger partial charge on any atom is 0.335 e. The number of pyridine rings is 1. The van der Waals surface area contributed by atoms with Crippen molar-refractivity contribution in [3.63, 3.8) is 0 Å². The number of nitrogens with zero attached hydrogens (tertiary/aromatic N) is 1. The minimum absolute atomic E-state index is 0.262. The van der Waals surface area contributed by atoms with Crippen molar-refractivity contribution < 1.29 is 9.90 Å². The van der Waals surface area contributed by atoms with Gasteiger partial charge in [-0.3, -0.25) is 0 Å². The highest BCUT2D eigenvalue weighted by atomic mass is 16.4. The van der Waals surface area contributed by atoms with Crippen LogP contribution in [-0.4, -0.2) is 16.1 Å². The molecule has 2 aromatic carbocycles. The van der Waals surface area contributed by atoms with Gasteiger partial charge in [-0.25, -0.2) is 9.78 Å². The van der Waals surface area contributed by atoms with E-state index in [4.69, 9.17) is 5.11 Å². The normalized spacial score (nSPS) is 10.5. The number of aromatic carboxylic acids is 1. The van der Waals surface area contributed by atoms with Gasteiger partial charge in [0.05, 0.1) is 5.56 Å². The summed E-state index contributed by atoms with van der Waals surface area (Å²) >= 11 is 0. The van der Waals surface area contributed by atoms with E-state index in [0.717, 1.165) is 16.3 Å². The molecular weight excluding hydrogens is 264 g/mol. The van der Waals surface area contributed by atoms with Crippen LogP contribution in [0.3, 0.4) is 0 Å². The molecule has 2 N–H and O–H groups in total. The predicted octanol–water partition coefficient (Wildman–Crippen LogP) is 3.55. The van der Waals surface area contributed by atoms with Crippen LogP contribution in [0.4, 0.5) is 5.82 Å². The molecule has 0 aliphatic heterocycles. The van der Waals surface area contributed by atoms with E-state index in [0.29, 0.717) is 12.4 Å². The number of nitrogens with one attached hydrogen (secondary N) is 1. The van der Waals surface area contributed by atoms with Gasteiger partial charge in [-0.2, -0.15) is 0 Å². The van der Waals surface area contributed by atoms with Gasteiger partial charge in [0.2, 0.25) is 0 Å². The van der Waals surface area contributed by atoms with Crippen LogP contribution in [0.25, 0.3) is 10.8 Å². The molecule has 0 amide bonds. The summed E-state index contributed by atoms with van der Waals surface area (Å²) < 4.78 is 0. The van der Waals surface area contributed by atoms with Crippen LogP contribution in [0.15, 0.2) is 60.8 Å². The highest BCUT2D eigenvalue weighted by molar-refractivity contribution is 5.98. The fourth-order valence-electron chi connectivity index (χ4n) is 2.22. The van der Waals surface area contributed by atoms with E-state index in [1.165, 1.54) is 0 Å². The van der Waals surface area contributed by atoms with Crippen molar-refractivity contribution in [1.29, 1.82) is 0 Å². The standard InChI is InChI=1S/C17H14N2O2/c20-17(21)14-7-6-13-8-9-18-16(15(13)10-14)19-11-12-4-2-1-3-5-12/h1-10H,11H2,(H,18,19)(H,20,21). The van der Waals surface area contributed by atoms with Crippen LogP contribution in [0.5, 0.6) is 0 Å². The topological polar surface area (TPSA) is 62.2 Å². The van der Waals surface area contributed by atoms with Gasteiger partial charge in [0.15, 0.2) is 0 Å². The van der Waals surface area contributed by atoms with E-state index in [9.17, 15) is 4.79 Å². The summed E-state index contributed by atoms with van der Waals surface area (Å²) in [5, 5.41) is 14.1. The average molecular weight is 278 g/mol. The van der Waals surface area contributed by atoms with E-state index in [2.05, 4.69) is 10.3 Å². The molecule has 3 aromatic rings. The van der Waals surface area contributed by atoms with Crippen LogP contribution < -0.4 is 5.32 Å². The molecule has 3 rings (SSSR count). The van der Waals surface area contributed by atoms with Crippen LogP contribution in [0.1, 0.15) is 15.9 Å². The SMILES string of the molecule is O=C(O)c1ccc2ccnc(NCc3ccccc3)c2c1. The summed E-state index contributed by atoms with van der Waals surface area (Å²) in [5.41, 5.74) is 1.41. The number of carboxylic acid groups (broad SMARTS) is 1. The second-order valence-electron chi connectivity index (χ2n) is 4.74. The Bertz CT molecular complexity index is 785. The van der Waals surface area contributed by atoms with Crippen molar-refractivity contribution in [2.45, 2.75) is 6.54 Å². The third-order valence-corrected chi connectivity index (χ3v) is 3.32. The maximum absolute atomic E-state index is 11.1. The van der Waals surface area contributed by atoms with Gasteiger partial charge in [-0.15, -0.1) is 0 Å². The number of rotatable bonds is 4. The van der Waals surface area contributed by atoms with Crippen LogP contribution >= 0.6 is 0 Å². The molecular formula is C17H14N2O2. The van der Waals surface area contributed by atoms with E-state index in [1.54, 1.807) is 24.4 Å². The molecule has 0 saturated carbocycles. The third-order valence-electron chi connectivity index (χ3n) is 3.32. The van der Waals surface area contributed by atoms with Crippen LogP contribution in [0, 0.1) is 0 Å². The number of anilines is 1. The molecule has 4 nitrogen and oxygen atoms in total. The number of benzene rings is 2. The first kappa shape index (κ1) is 13.1. The lowest BCUT2D eigenvalue weighted by Crippen LogP contribution is -2.02. The Morgan fingerprint density at radius 2 is 1.90 bits per heavy atom. The van der Waals surface area contributed by atoms with Gasteiger partial charge in [-0.05, 0) is 29.1 Å². The van der Waals surface area contributed by atoms with Gasteiger partial charge >= 0.3 is 5.97 Å². The van der Waals surface area contributed by atoms with Crippen molar-refractivity contribution in [1.82, 2.24) is 4.98 Å². The summed E-state index contributed by atoms with van der Waals surface area (Å²) in [7, 11) is 0. The Hall–Kier alpha value is -2.88. The van der Waals surface area contributed by atoms with Crippen molar-refractivity contribution >= 4 is 22.6 Å². The Labute approximate surface area is 122 Å². The first-order valence-electron chi connectivity index (χ1n) is 6.64. The number of hydrogen-bond donors (Lipinski definition) is 2. The molecule has 0 aliphatic rings. The molecule has 1 heterocycles. The maximum atomic E-state index is 11.1. The number of carbonyl (C=O) groups is 1. The highest BCUT2D eigenvalue weighted by Crippen LogP contribution is 2.23. The zero-order valence-electron chi connectivity index (χ0n) is 11.3. The second kappa shape index (κ2) is 5.63. The lowest BCUT2D eigenvalue weighted by Gasteiger charge is -2.09. The number of carboxylic acids is 1. The number of aromatic nitrogens is 1. The summed E-state index contributed by atoms with van der Waals surface area (Å²) in [6.07, 6.45) is 1.72. The van der Waals surface area contributed by atoms with Crippen LogP contribution in [-0.2, 0) is 6.54 Å². The molecule has 21 heavy (non-hydrogen) atoms. The molecule has 0 unspecified atom stereocenters. The fourth-order valence-corrected chi connectivity index (χ4v) is 2.22. The molecule has 0 radical (unpaired) electrons. The van der Waals surface area contributed by atoms with E-state index < -0.39 is 5.97 Å². The molecule has 0 saturated heterocycles. The number of fused-ring (bicyclic) bond motifs is 1. The Morgan fingerprint density at radius 3 is 2.67 bits per heavy atom. The van der Waals surface area contributed by atoms with Gasteiger partial charge in [0.1, 0.15) is 5.82 Å². The molecule has 104 valence electrons. The molecule has 0 fully saturated rings. The van der Waals surface area contributed by atoms with Gasteiger partial charge < -0.3 is 10.4 Å². The highest BCUT2D eigenvalue weighted by Gasteiger charge is 2.07. The Kier molecular flexibility index (Phi) is 3.51. The minimum Gasteiger partial charge on any atom is -0.478 e. The van der Waals surface area contributed by atoms with E-state index in [-0.39, 0.29) is 5.56 Å². The third kappa shape index (κ3) is 2.84. The summed E-state index contributed by atoms with van der Waals surface area (Å²) in [6, 6.07) is 16.9. The molecule has 4 heteroatoms. The first-order chi connectivity index (χ1) is 10.2. The monoisotopic (exact) mass is 278 g/mol. The zero-order chi connectivity index (χ0) is 14.7. The molecule has 0 bridgehead atoms. The molecule has 0 atom stereocenters. The van der Waals surface area contributed by atoms with Crippen LogP contribution in [0.2, 0.25) is 0 Å². The van der Waals surface area contributed by atoms with Crippen molar-refractivity contribution in [2.75, 3.05) is 5.32 Å². The summed E-state index contributed by atoms with van der Waals surface area (Å²) in [5.74, 6) is -0.241. The van der Waals surface area contributed by atoms with E-state index >= 15 is 0 Å². The summed E-state index contributed by atoms with van der Waals surface area (Å²) in [4.78, 5) is 15.4. The average Bonchev–Trinajstić information content (AvgIpc) is 2.53. The first-order valence-corrected chi connectivity index (χ1v) is 6.64. The second-order valence-corrected chi connectivity index (χ2v) is 4.74. The lowest BCUT2D eigenvalue weighted by atomic mass is 10.1. The zero-order valence-corrected chi connectivity index (χ0v) is 11.3. The van der Waals surface area contributed by atoms with Gasteiger partial charge in [-0.1, -0.05) is 36.4 Å². The van der Waals surface area contributed by atoms with E-state index in [1.807, 2.05) is 36.4 Å². The number of hydrogen-bond acceptors (Lipinski definition) is 3. The molecule has 1 aromatic heterocycles. The van der Waals surface area contributed by atoms with Crippen molar-refractivity contribution in [2.24, 2.45) is 0 Å². The van der Waals surface area contributed by atoms with Gasteiger partial charge in [0.25, 0.3) is 0 Å². The largest absolute Gasteiger partial charge is 0.478 e. The predicted molar refractivity (Wildman–Crippen MR) is 82.5 cm³/mol. The Morgan fingerprint density at radius 1 is 1.10 bits per heavy atom. The molecule has 0 aliphatic carbocycles. The summed E-state index contributed by atoms with van der Waals surface area (Å²) in [6.45, 7) is 0.643. The van der Waals surface area contributed by atoms with Crippen molar-refractivity contribution in [3.05, 3.63) is 71.9 Å². The quantitative estimate of drug-likeness (QED) is 0.766. The van der Waals surface area contributed by atoms with Gasteiger partial charge in [0, 0.05) is 18.1 Å². The lowest BCUT2D eigenvalue weighted by molar-refractivity contribution is 0.0697. The minimum atomic E-state index is -0.935. The fraction of sp³-hybridized carbons (Fsp3) is 0.0588. The van der Waals surface area contributed by atoms with Crippen molar-refractivity contribution in [3.8, 4) is 0 Å².